The molecule has 0 aliphatic heterocycles. The SMILES string of the molecule is Fc1ccccc1CNc1cc(C(F)(F)F)ncn1. The lowest BCUT2D eigenvalue weighted by atomic mass is 10.2. The van der Waals surface area contributed by atoms with Crippen molar-refractivity contribution in [2.75, 3.05) is 5.32 Å². The molecule has 100 valence electrons. The molecular formula is C12H9F4N3. The van der Waals surface area contributed by atoms with Gasteiger partial charge in [0.25, 0.3) is 0 Å². The molecule has 19 heavy (non-hydrogen) atoms. The molecule has 1 N–H and O–H groups in total. The van der Waals surface area contributed by atoms with E-state index in [2.05, 4.69) is 15.3 Å². The molecular weight excluding hydrogens is 262 g/mol. The summed E-state index contributed by atoms with van der Waals surface area (Å²) in [6.07, 6.45) is -3.72. The smallest absolute Gasteiger partial charge is 0.366 e. The third-order valence-corrected chi connectivity index (χ3v) is 2.38. The van der Waals surface area contributed by atoms with Gasteiger partial charge in [-0.3, -0.25) is 0 Å². The Bertz CT molecular complexity index is 569. The van der Waals surface area contributed by atoms with E-state index in [4.69, 9.17) is 0 Å². The van der Waals surface area contributed by atoms with Crippen LogP contribution in [0, 0.1) is 5.82 Å². The van der Waals surface area contributed by atoms with Crippen LogP contribution in [0.2, 0.25) is 0 Å². The van der Waals surface area contributed by atoms with Gasteiger partial charge in [0.15, 0.2) is 0 Å². The van der Waals surface area contributed by atoms with Gasteiger partial charge in [-0.2, -0.15) is 13.2 Å². The summed E-state index contributed by atoms with van der Waals surface area (Å²) >= 11 is 0. The van der Waals surface area contributed by atoms with Crippen LogP contribution in [0.1, 0.15) is 11.3 Å². The predicted molar refractivity (Wildman–Crippen MR) is 60.8 cm³/mol. The first-order chi connectivity index (χ1) is 8.97. The number of hydrogen-bond acceptors (Lipinski definition) is 3. The number of benzene rings is 1. The Morgan fingerprint density at radius 2 is 1.84 bits per heavy atom. The number of anilines is 1. The van der Waals surface area contributed by atoms with Gasteiger partial charge in [0, 0.05) is 18.2 Å². The summed E-state index contributed by atoms with van der Waals surface area (Å²) in [5.74, 6) is -0.439. The highest BCUT2D eigenvalue weighted by molar-refractivity contribution is 5.37. The van der Waals surface area contributed by atoms with E-state index in [0.717, 1.165) is 12.4 Å². The predicted octanol–water partition coefficient (Wildman–Crippen LogP) is 3.25. The van der Waals surface area contributed by atoms with Gasteiger partial charge >= 0.3 is 6.18 Å². The number of halogens is 4. The highest BCUT2D eigenvalue weighted by Gasteiger charge is 2.32. The highest BCUT2D eigenvalue weighted by Crippen LogP contribution is 2.28. The number of hydrogen-bond donors (Lipinski definition) is 1. The van der Waals surface area contributed by atoms with Gasteiger partial charge in [0.05, 0.1) is 0 Å². The van der Waals surface area contributed by atoms with E-state index in [-0.39, 0.29) is 12.4 Å². The number of aromatic nitrogens is 2. The Kier molecular flexibility index (Phi) is 3.64. The molecule has 0 saturated heterocycles. The quantitative estimate of drug-likeness (QED) is 0.871. The van der Waals surface area contributed by atoms with Crippen molar-refractivity contribution in [2.24, 2.45) is 0 Å². The van der Waals surface area contributed by atoms with Crippen LogP contribution in [0.4, 0.5) is 23.4 Å². The fraction of sp³-hybridized carbons (Fsp3) is 0.167. The minimum atomic E-state index is -4.53. The average molecular weight is 271 g/mol. The van der Waals surface area contributed by atoms with Crippen LogP contribution in [0.25, 0.3) is 0 Å². The van der Waals surface area contributed by atoms with Gasteiger partial charge < -0.3 is 5.32 Å². The molecule has 3 nitrogen and oxygen atoms in total. The lowest BCUT2D eigenvalue weighted by Gasteiger charge is -2.09. The maximum atomic E-state index is 13.3. The number of nitrogens with zero attached hydrogens (tertiary/aromatic N) is 2. The molecule has 2 aromatic rings. The van der Waals surface area contributed by atoms with Crippen molar-refractivity contribution in [1.29, 1.82) is 0 Å². The summed E-state index contributed by atoms with van der Waals surface area (Å²) in [5, 5.41) is 2.62. The second-order valence-electron chi connectivity index (χ2n) is 3.73. The molecule has 0 aliphatic rings. The lowest BCUT2D eigenvalue weighted by Crippen LogP contribution is -2.10. The van der Waals surface area contributed by atoms with Gasteiger partial charge in [-0.05, 0) is 6.07 Å². The summed E-state index contributed by atoms with van der Waals surface area (Å²) in [4.78, 5) is 6.79. The van der Waals surface area contributed by atoms with Gasteiger partial charge in [0.1, 0.15) is 23.7 Å². The molecule has 1 heterocycles. The summed E-state index contributed by atoms with van der Waals surface area (Å²) in [6, 6.07) is 6.76. The van der Waals surface area contributed by atoms with E-state index in [0.29, 0.717) is 5.56 Å². The van der Waals surface area contributed by atoms with E-state index < -0.39 is 17.7 Å². The lowest BCUT2D eigenvalue weighted by molar-refractivity contribution is -0.141. The molecule has 7 heteroatoms. The molecule has 0 aliphatic carbocycles. The van der Waals surface area contributed by atoms with Crippen LogP contribution in [0.3, 0.4) is 0 Å². The zero-order valence-corrected chi connectivity index (χ0v) is 9.58. The normalized spacial score (nSPS) is 11.4. The third-order valence-electron chi connectivity index (χ3n) is 2.38. The molecule has 1 aromatic heterocycles. The number of nitrogens with one attached hydrogen (secondary N) is 1. The zero-order valence-electron chi connectivity index (χ0n) is 9.58. The molecule has 0 radical (unpaired) electrons. The molecule has 0 atom stereocenters. The van der Waals surface area contributed by atoms with Gasteiger partial charge in [-0.15, -0.1) is 0 Å². The first-order valence-corrected chi connectivity index (χ1v) is 5.33. The fourth-order valence-electron chi connectivity index (χ4n) is 1.44. The van der Waals surface area contributed by atoms with Gasteiger partial charge in [-0.25, -0.2) is 14.4 Å². The van der Waals surface area contributed by atoms with Crippen LogP contribution in [-0.4, -0.2) is 9.97 Å². The van der Waals surface area contributed by atoms with Gasteiger partial charge in [0.2, 0.25) is 0 Å². The molecule has 2 rings (SSSR count). The molecule has 0 unspecified atom stereocenters. The fourth-order valence-corrected chi connectivity index (χ4v) is 1.44. The van der Waals surface area contributed by atoms with E-state index >= 15 is 0 Å². The average Bonchev–Trinajstić information content (AvgIpc) is 2.37. The van der Waals surface area contributed by atoms with Crippen LogP contribution in [0.5, 0.6) is 0 Å². The van der Waals surface area contributed by atoms with Crippen molar-refractivity contribution in [3.05, 3.63) is 53.7 Å². The minimum Gasteiger partial charge on any atom is -0.366 e. The van der Waals surface area contributed by atoms with Crippen molar-refractivity contribution in [3.63, 3.8) is 0 Å². The molecule has 0 bridgehead atoms. The Labute approximate surface area is 106 Å². The first kappa shape index (κ1) is 13.3. The Hall–Kier alpha value is -2.18. The molecule has 1 aromatic carbocycles. The van der Waals surface area contributed by atoms with Crippen molar-refractivity contribution >= 4 is 5.82 Å². The second-order valence-corrected chi connectivity index (χ2v) is 3.73. The Morgan fingerprint density at radius 3 is 2.53 bits per heavy atom. The maximum absolute atomic E-state index is 13.3. The van der Waals surface area contributed by atoms with E-state index in [9.17, 15) is 17.6 Å². The minimum absolute atomic E-state index is 0.00872. The maximum Gasteiger partial charge on any atom is 0.433 e. The zero-order chi connectivity index (χ0) is 13.9. The largest absolute Gasteiger partial charge is 0.433 e. The van der Waals surface area contributed by atoms with Crippen LogP contribution >= 0.6 is 0 Å². The van der Waals surface area contributed by atoms with Crippen LogP contribution < -0.4 is 5.32 Å². The highest BCUT2D eigenvalue weighted by atomic mass is 19.4. The molecule has 0 amide bonds. The van der Waals surface area contributed by atoms with Crippen molar-refractivity contribution < 1.29 is 17.6 Å². The standard InChI is InChI=1S/C12H9F4N3/c13-9-4-2-1-3-8(9)6-17-11-5-10(12(14,15)16)18-7-19-11/h1-5,7H,6H2,(H,17,18,19). The molecule has 0 spiro atoms. The van der Waals surface area contributed by atoms with E-state index in [1.165, 1.54) is 18.2 Å². The monoisotopic (exact) mass is 271 g/mol. The van der Waals surface area contributed by atoms with E-state index in [1.54, 1.807) is 6.07 Å². The van der Waals surface area contributed by atoms with Gasteiger partial charge in [-0.1, -0.05) is 18.2 Å². The third kappa shape index (κ3) is 3.40. The first-order valence-electron chi connectivity index (χ1n) is 5.33. The molecule has 0 fully saturated rings. The summed E-state index contributed by atoms with van der Waals surface area (Å²) in [7, 11) is 0. The van der Waals surface area contributed by atoms with Crippen molar-refractivity contribution in [2.45, 2.75) is 12.7 Å². The molecule has 0 saturated carbocycles. The van der Waals surface area contributed by atoms with Crippen LogP contribution in [0.15, 0.2) is 36.7 Å². The van der Waals surface area contributed by atoms with E-state index in [1.807, 2.05) is 0 Å². The second kappa shape index (κ2) is 5.21. The number of rotatable bonds is 3. The summed E-state index contributed by atoms with van der Waals surface area (Å²) < 4.78 is 50.6. The van der Waals surface area contributed by atoms with Crippen molar-refractivity contribution in [1.82, 2.24) is 9.97 Å². The Balaban J connectivity index is 2.10. The summed E-state index contributed by atoms with van der Waals surface area (Å²) in [6.45, 7) is 0.0426. The van der Waals surface area contributed by atoms with Crippen LogP contribution in [-0.2, 0) is 12.7 Å². The summed E-state index contributed by atoms with van der Waals surface area (Å²) in [5.41, 5.74) is -0.701. The topological polar surface area (TPSA) is 37.8 Å². The Morgan fingerprint density at radius 1 is 1.11 bits per heavy atom. The number of alkyl halides is 3. The van der Waals surface area contributed by atoms with Crippen molar-refractivity contribution in [3.8, 4) is 0 Å².